The van der Waals surface area contributed by atoms with E-state index in [1.54, 1.807) is 15.8 Å². The lowest BCUT2D eigenvalue weighted by Crippen LogP contribution is -2.45. The van der Waals surface area contributed by atoms with Gasteiger partial charge in [0.2, 0.25) is 0 Å². The Bertz CT molecular complexity index is 1510. The van der Waals surface area contributed by atoms with Gasteiger partial charge in [-0.3, -0.25) is 14.4 Å². The summed E-state index contributed by atoms with van der Waals surface area (Å²) in [6.45, 7) is 6.37. The standard InChI is InChI=1S/C31H34N4O4Si/c1-21-29(40(2,3)38)27(18-19-34-20-25(32-33-34)28(36)22-12-6-4-7-13-22)39-31(21)24-16-10-11-17-26(24)35(30(31)37)23-14-8-5-9-15-23/h4-17,20-21,27-29,36,38H,18-19H2,1-3H3/t21-,27+,28+,29-,31+/m0/s1. The summed E-state index contributed by atoms with van der Waals surface area (Å²) in [5.41, 5.74) is 2.30. The van der Waals surface area contributed by atoms with Gasteiger partial charge in [0.15, 0.2) is 13.9 Å². The highest BCUT2D eigenvalue weighted by Gasteiger charge is 2.66. The summed E-state index contributed by atoms with van der Waals surface area (Å²) >= 11 is 0. The monoisotopic (exact) mass is 554 g/mol. The van der Waals surface area contributed by atoms with Crippen LogP contribution in [0.2, 0.25) is 18.6 Å². The van der Waals surface area contributed by atoms with Crippen molar-refractivity contribution in [1.29, 1.82) is 0 Å². The Hall–Kier alpha value is -3.63. The number of benzene rings is 3. The summed E-state index contributed by atoms with van der Waals surface area (Å²) in [5, 5.41) is 19.2. The summed E-state index contributed by atoms with van der Waals surface area (Å²) in [6, 6.07) is 26.8. The molecule has 5 atom stereocenters. The van der Waals surface area contributed by atoms with Crippen LogP contribution >= 0.6 is 0 Å². The van der Waals surface area contributed by atoms with Crippen LogP contribution in [0.4, 0.5) is 11.4 Å². The summed E-state index contributed by atoms with van der Waals surface area (Å²) in [5.74, 6) is -0.357. The van der Waals surface area contributed by atoms with Gasteiger partial charge < -0.3 is 14.6 Å². The molecule has 2 aliphatic rings. The van der Waals surface area contributed by atoms with Crippen molar-refractivity contribution in [3.05, 3.63) is 108 Å². The fourth-order valence-corrected chi connectivity index (χ4v) is 9.28. The van der Waals surface area contributed by atoms with E-state index in [1.165, 1.54) is 0 Å². The van der Waals surface area contributed by atoms with Gasteiger partial charge in [-0.15, -0.1) is 5.10 Å². The van der Waals surface area contributed by atoms with Crippen LogP contribution in [0.1, 0.15) is 36.3 Å². The molecule has 8 nitrogen and oxygen atoms in total. The lowest BCUT2D eigenvalue weighted by molar-refractivity contribution is -0.145. The SMILES string of the molecule is C[C@H]1[C@H]([Si](C)(C)O)[C@@H](CCn2cc([C@H](O)c3ccccc3)nn2)O[C@]12C(=O)N(c1ccccc1)c1ccccc12. The van der Waals surface area contributed by atoms with Crippen LogP contribution in [-0.4, -0.2) is 45.2 Å². The van der Waals surface area contributed by atoms with E-state index < -0.39 is 20.0 Å². The van der Waals surface area contributed by atoms with Crippen molar-refractivity contribution >= 4 is 25.6 Å². The number of aryl methyl sites for hydroxylation is 1. The molecule has 1 amide bonds. The van der Waals surface area contributed by atoms with Crippen LogP contribution in [0.3, 0.4) is 0 Å². The molecule has 2 aliphatic heterocycles. The van der Waals surface area contributed by atoms with Gasteiger partial charge in [0.1, 0.15) is 11.8 Å². The van der Waals surface area contributed by atoms with E-state index in [-0.39, 0.29) is 23.5 Å². The molecule has 206 valence electrons. The largest absolute Gasteiger partial charge is 0.432 e. The van der Waals surface area contributed by atoms with Gasteiger partial charge in [0.05, 0.1) is 18.0 Å². The van der Waals surface area contributed by atoms with Crippen molar-refractivity contribution in [2.45, 2.75) is 56.3 Å². The minimum atomic E-state index is -2.77. The third-order valence-corrected chi connectivity index (χ3v) is 10.9. The minimum absolute atomic E-state index is 0.118. The number of ether oxygens (including phenoxy) is 1. The van der Waals surface area contributed by atoms with Gasteiger partial charge >= 0.3 is 0 Å². The number of nitrogens with zero attached hydrogens (tertiary/aromatic N) is 4. The highest BCUT2D eigenvalue weighted by atomic mass is 28.4. The molecule has 2 N–H and O–H groups in total. The molecule has 1 aromatic heterocycles. The van der Waals surface area contributed by atoms with Gasteiger partial charge in [0.25, 0.3) is 5.91 Å². The predicted molar refractivity (Wildman–Crippen MR) is 154 cm³/mol. The van der Waals surface area contributed by atoms with Crippen LogP contribution in [-0.2, 0) is 21.7 Å². The average Bonchev–Trinajstić information content (AvgIpc) is 3.62. The Morgan fingerprint density at radius 3 is 2.35 bits per heavy atom. The van der Waals surface area contributed by atoms with E-state index in [9.17, 15) is 14.7 Å². The number of hydrogen-bond donors (Lipinski definition) is 2. The Kier molecular flexibility index (Phi) is 6.70. The second-order valence-corrected chi connectivity index (χ2v) is 15.3. The maximum atomic E-state index is 14.4. The number of amides is 1. The normalized spacial score (nSPS) is 25.0. The minimum Gasteiger partial charge on any atom is -0.432 e. The number of carbonyl (C=O) groups excluding carboxylic acids is 1. The lowest BCUT2D eigenvalue weighted by Gasteiger charge is -2.32. The van der Waals surface area contributed by atoms with E-state index in [0.717, 1.165) is 22.5 Å². The molecule has 9 heteroatoms. The summed E-state index contributed by atoms with van der Waals surface area (Å²) < 4.78 is 8.57. The van der Waals surface area contributed by atoms with Crippen molar-refractivity contribution in [3.8, 4) is 0 Å². The first-order chi connectivity index (χ1) is 19.2. The summed E-state index contributed by atoms with van der Waals surface area (Å²) in [4.78, 5) is 27.6. The molecule has 0 saturated carbocycles. The number of fused-ring (bicyclic) bond motifs is 2. The molecule has 6 rings (SSSR count). The van der Waals surface area contributed by atoms with Crippen LogP contribution in [0.5, 0.6) is 0 Å². The van der Waals surface area contributed by atoms with Gasteiger partial charge in [0, 0.05) is 29.3 Å². The van der Waals surface area contributed by atoms with Gasteiger partial charge in [-0.2, -0.15) is 0 Å². The number of hydrogen-bond acceptors (Lipinski definition) is 6. The molecule has 40 heavy (non-hydrogen) atoms. The molecule has 0 unspecified atom stereocenters. The number of para-hydroxylation sites is 2. The van der Waals surface area contributed by atoms with E-state index in [2.05, 4.69) is 10.3 Å². The van der Waals surface area contributed by atoms with Gasteiger partial charge in [-0.1, -0.05) is 78.9 Å². The second kappa shape index (κ2) is 10.1. The van der Waals surface area contributed by atoms with E-state index in [1.807, 2.05) is 105 Å². The van der Waals surface area contributed by atoms with Crippen LogP contribution in [0, 0.1) is 5.92 Å². The average molecular weight is 555 g/mol. The van der Waals surface area contributed by atoms with Crippen molar-refractivity contribution in [1.82, 2.24) is 15.0 Å². The summed E-state index contributed by atoms with van der Waals surface area (Å²) in [7, 11) is -2.77. The van der Waals surface area contributed by atoms with E-state index in [4.69, 9.17) is 4.74 Å². The highest BCUT2D eigenvalue weighted by molar-refractivity contribution is 6.71. The first kappa shape index (κ1) is 26.6. The van der Waals surface area contributed by atoms with Crippen molar-refractivity contribution < 1.29 is 19.4 Å². The molecule has 1 spiro atoms. The molecule has 1 fully saturated rings. The second-order valence-electron chi connectivity index (χ2n) is 11.4. The maximum Gasteiger partial charge on any atom is 0.268 e. The lowest BCUT2D eigenvalue weighted by atomic mass is 9.82. The smallest absolute Gasteiger partial charge is 0.268 e. The molecule has 3 heterocycles. The van der Waals surface area contributed by atoms with E-state index >= 15 is 0 Å². The third kappa shape index (κ3) is 4.30. The van der Waals surface area contributed by atoms with Crippen molar-refractivity contribution in [3.63, 3.8) is 0 Å². The zero-order chi connectivity index (χ0) is 28.1. The van der Waals surface area contributed by atoms with Crippen molar-refractivity contribution in [2.75, 3.05) is 4.90 Å². The molecule has 0 bridgehead atoms. The van der Waals surface area contributed by atoms with Crippen LogP contribution in [0.15, 0.2) is 91.1 Å². The Labute approximate surface area is 235 Å². The fourth-order valence-electron chi connectivity index (χ4n) is 6.67. The molecule has 0 radical (unpaired) electrons. The zero-order valence-electron chi connectivity index (χ0n) is 22.9. The number of aliphatic hydroxyl groups excluding tert-OH is 1. The number of aromatic nitrogens is 3. The van der Waals surface area contributed by atoms with Crippen molar-refractivity contribution in [2.24, 2.45) is 5.92 Å². The number of carbonyl (C=O) groups is 1. The molecular weight excluding hydrogens is 520 g/mol. The van der Waals surface area contributed by atoms with E-state index in [0.29, 0.717) is 18.7 Å². The quantitative estimate of drug-likeness (QED) is 0.314. The molecular formula is C31H34N4O4Si. The topological polar surface area (TPSA) is 101 Å². The Balaban J connectivity index is 1.30. The first-order valence-electron chi connectivity index (χ1n) is 13.7. The molecule has 1 saturated heterocycles. The van der Waals surface area contributed by atoms with Gasteiger partial charge in [-0.05, 0) is 43.3 Å². The van der Waals surface area contributed by atoms with Crippen LogP contribution < -0.4 is 4.90 Å². The molecule has 3 aromatic carbocycles. The Morgan fingerprint density at radius 2 is 1.65 bits per heavy atom. The molecule has 4 aromatic rings. The van der Waals surface area contributed by atoms with Crippen LogP contribution in [0.25, 0.3) is 0 Å². The summed E-state index contributed by atoms with van der Waals surface area (Å²) in [6.07, 6.45) is 1.06. The fraction of sp³-hybridized carbons (Fsp3) is 0.323. The molecule has 0 aliphatic carbocycles. The van der Waals surface area contributed by atoms with Gasteiger partial charge in [-0.25, -0.2) is 0 Å². The maximum absolute atomic E-state index is 14.4. The highest BCUT2D eigenvalue weighted by Crippen LogP contribution is 2.60. The number of rotatable bonds is 7. The number of aliphatic hydroxyl groups is 1. The first-order valence-corrected chi connectivity index (χ1v) is 16.8. The predicted octanol–water partition coefficient (Wildman–Crippen LogP) is 4.93. The zero-order valence-corrected chi connectivity index (χ0v) is 23.9. The third-order valence-electron chi connectivity index (χ3n) is 8.41. The Morgan fingerprint density at radius 1 is 1.00 bits per heavy atom. The number of anilines is 2.